The largest absolute Gasteiger partial charge is 0.491 e. The van der Waals surface area contributed by atoms with Gasteiger partial charge in [0.05, 0.1) is 17.3 Å². The molecule has 1 aromatic rings. The highest BCUT2D eigenvalue weighted by atomic mass is 35.5. The summed E-state index contributed by atoms with van der Waals surface area (Å²) in [7, 11) is 0. The molecule has 0 saturated heterocycles. The molecule has 0 fully saturated rings. The highest BCUT2D eigenvalue weighted by molar-refractivity contribution is 6.43. The molecule has 1 aliphatic rings. The third-order valence-corrected chi connectivity index (χ3v) is 3.47. The molecule has 1 aliphatic heterocycles. The summed E-state index contributed by atoms with van der Waals surface area (Å²) in [6.07, 6.45) is 1.25. The van der Waals surface area contributed by atoms with Crippen LogP contribution < -0.4 is 15.9 Å². The minimum atomic E-state index is -1.10. The van der Waals surface area contributed by atoms with Gasteiger partial charge in [0, 0.05) is 5.56 Å². The number of halogens is 2. The molecule has 0 saturated carbocycles. The summed E-state index contributed by atoms with van der Waals surface area (Å²) in [4.78, 5) is 21.8. The van der Waals surface area contributed by atoms with Crippen LogP contribution in [0.3, 0.4) is 0 Å². The zero-order valence-electron chi connectivity index (χ0n) is 10.3. The molecule has 0 radical (unpaired) electrons. The number of hydrogen-bond donors (Lipinski definition) is 2. The van der Waals surface area contributed by atoms with Gasteiger partial charge in [-0.15, -0.1) is 0 Å². The summed E-state index contributed by atoms with van der Waals surface area (Å²) in [6, 6.07) is 3.31. The van der Waals surface area contributed by atoms with Crippen molar-refractivity contribution in [1.82, 2.24) is 5.43 Å². The number of nitrogens with two attached hydrogens (primary N) is 1. The van der Waals surface area contributed by atoms with E-state index in [2.05, 4.69) is 10.5 Å². The third kappa shape index (κ3) is 3.02. The number of carbonyl (C=O) groups excluding carboxylic acids is 2. The fraction of sp³-hybridized carbons (Fsp3) is 0.250. The Bertz CT molecular complexity index is 602. The number of benzene rings is 1. The van der Waals surface area contributed by atoms with Crippen molar-refractivity contribution in [2.24, 2.45) is 10.8 Å². The van der Waals surface area contributed by atoms with E-state index in [1.165, 1.54) is 0 Å². The number of hydrogen-bond acceptors (Lipinski definition) is 4. The van der Waals surface area contributed by atoms with Gasteiger partial charge in [0.15, 0.2) is 0 Å². The van der Waals surface area contributed by atoms with E-state index in [0.717, 1.165) is 0 Å². The molecule has 20 heavy (non-hydrogen) atoms. The maximum absolute atomic E-state index is 11.1. The van der Waals surface area contributed by atoms with Crippen molar-refractivity contribution in [3.05, 3.63) is 27.7 Å². The fourth-order valence-electron chi connectivity index (χ4n) is 1.74. The smallest absolute Gasteiger partial charge is 0.329 e. The van der Waals surface area contributed by atoms with Crippen molar-refractivity contribution in [3.8, 4) is 5.75 Å². The number of nitrogens with zero attached hydrogens (tertiary/aromatic N) is 1. The van der Waals surface area contributed by atoms with Gasteiger partial charge < -0.3 is 10.5 Å². The lowest BCUT2D eigenvalue weighted by Crippen LogP contribution is -2.33. The third-order valence-electron chi connectivity index (χ3n) is 2.68. The first-order chi connectivity index (χ1) is 9.50. The van der Waals surface area contributed by atoms with Crippen LogP contribution in [-0.4, -0.2) is 24.1 Å². The van der Waals surface area contributed by atoms with Crippen molar-refractivity contribution in [3.63, 3.8) is 0 Å². The number of carbonyl (C=O) groups is 2. The SMILES string of the molecule is NC(=O)C(=O)NN=C1CCCOc2c1ccc(Cl)c2Cl. The second-order valence-corrected chi connectivity index (χ2v) is 4.84. The molecule has 2 rings (SSSR count). The second-order valence-electron chi connectivity index (χ2n) is 4.05. The standard InChI is InChI=1S/C12H11Cl2N3O3/c13-7-4-3-6-8(16-17-12(19)11(15)18)2-1-5-20-10(6)9(7)14/h3-4H,1-2,5H2,(H2,15,18)(H,17,19). The lowest BCUT2D eigenvalue weighted by atomic mass is 10.1. The van der Waals surface area contributed by atoms with Gasteiger partial charge in [0.25, 0.3) is 0 Å². The highest BCUT2D eigenvalue weighted by Gasteiger charge is 2.20. The number of rotatable bonds is 1. The summed E-state index contributed by atoms with van der Waals surface area (Å²) in [6.45, 7) is 0.454. The van der Waals surface area contributed by atoms with E-state index in [4.69, 9.17) is 33.7 Å². The molecule has 0 aromatic heterocycles. The summed E-state index contributed by atoms with van der Waals surface area (Å²) >= 11 is 12.0. The van der Waals surface area contributed by atoms with Gasteiger partial charge in [-0.2, -0.15) is 5.10 Å². The lowest BCUT2D eigenvalue weighted by molar-refractivity contribution is -0.137. The minimum Gasteiger partial charge on any atom is -0.491 e. The zero-order chi connectivity index (χ0) is 14.7. The van der Waals surface area contributed by atoms with E-state index in [1.54, 1.807) is 12.1 Å². The van der Waals surface area contributed by atoms with Crippen LogP contribution in [0.25, 0.3) is 0 Å². The van der Waals surface area contributed by atoms with Crippen LogP contribution in [0.4, 0.5) is 0 Å². The molecule has 6 nitrogen and oxygen atoms in total. The van der Waals surface area contributed by atoms with E-state index in [9.17, 15) is 9.59 Å². The molecule has 0 bridgehead atoms. The first-order valence-corrected chi connectivity index (χ1v) is 6.54. The van der Waals surface area contributed by atoms with E-state index < -0.39 is 11.8 Å². The Kier molecular flexibility index (Phi) is 4.46. The lowest BCUT2D eigenvalue weighted by Gasteiger charge is -2.10. The Hall–Kier alpha value is -1.79. The van der Waals surface area contributed by atoms with Crippen LogP contribution in [0.15, 0.2) is 17.2 Å². The number of nitrogens with one attached hydrogen (secondary N) is 1. The molecule has 0 unspecified atom stereocenters. The Balaban J connectivity index is 2.37. The number of ether oxygens (including phenoxy) is 1. The average molecular weight is 316 g/mol. The maximum Gasteiger partial charge on any atom is 0.329 e. The molecule has 1 aromatic carbocycles. The molecule has 0 spiro atoms. The molecule has 106 valence electrons. The van der Waals surface area contributed by atoms with Gasteiger partial charge in [-0.3, -0.25) is 9.59 Å². The fourth-order valence-corrected chi connectivity index (χ4v) is 2.11. The Morgan fingerprint density at radius 2 is 2.10 bits per heavy atom. The van der Waals surface area contributed by atoms with E-state index in [1.807, 2.05) is 0 Å². The van der Waals surface area contributed by atoms with Crippen molar-refractivity contribution in [2.75, 3.05) is 6.61 Å². The first-order valence-electron chi connectivity index (χ1n) is 5.78. The Morgan fingerprint density at radius 3 is 2.80 bits per heavy atom. The summed E-state index contributed by atoms with van der Waals surface area (Å²) in [5.41, 5.74) is 8.11. The Morgan fingerprint density at radius 1 is 1.35 bits per heavy atom. The van der Waals surface area contributed by atoms with Crippen LogP contribution in [0, 0.1) is 0 Å². The maximum atomic E-state index is 11.1. The topological polar surface area (TPSA) is 93.8 Å². The summed E-state index contributed by atoms with van der Waals surface area (Å²) < 4.78 is 5.54. The van der Waals surface area contributed by atoms with Gasteiger partial charge in [-0.05, 0) is 25.0 Å². The predicted octanol–water partition coefficient (Wildman–Crippen LogP) is 1.47. The normalized spacial score (nSPS) is 16.0. The van der Waals surface area contributed by atoms with E-state index in [-0.39, 0.29) is 0 Å². The average Bonchev–Trinajstić information content (AvgIpc) is 2.62. The van der Waals surface area contributed by atoms with Crippen LogP contribution in [0.2, 0.25) is 10.0 Å². The first kappa shape index (κ1) is 14.6. The predicted molar refractivity (Wildman–Crippen MR) is 75.1 cm³/mol. The van der Waals surface area contributed by atoms with Gasteiger partial charge >= 0.3 is 11.8 Å². The summed E-state index contributed by atoms with van der Waals surface area (Å²) in [5, 5.41) is 4.57. The Labute approximate surface area is 124 Å². The molecule has 3 N–H and O–H groups in total. The number of fused-ring (bicyclic) bond motifs is 1. The van der Waals surface area contributed by atoms with Crippen LogP contribution in [-0.2, 0) is 9.59 Å². The molecule has 0 aliphatic carbocycles. The molecule has 1 heterocycles. The van der Waals surface area contributed by atoms with Crippen molar-refractivity contribution in [1.29, 1.82) is 0 Å². The van der Waals surface area contributed by atoms with Gasteiger partial charge in [-0.25, -0.2) is 5.43 Å². The molecule has 2 amide bonds. The number of primary amides is 1. The van der Waals surface area contributed by atoms with E-state index in [0.29, 0.717) is 46.5 Å². The second kappa shape index (κ2) is 6.11. The molecular weight excluding hydrogens is 305 g/mol. The quantitative estimate of drug-likeness (QED) is 0.607. The van der Waals surface area contributed by atoms with Crippen molar-refractivity contribution in [2.45, 2.75) is 12.8 Å². The van der Waals surface area contributed by atoms with Crippen molar-refractivity contribution < 1.29 is 14.3 Å². The zero-order valence-corrected chi connectivity index (χ0v) is 11.8. The van der Waals surface area contributed by atoms with E-state index >= 15 is 0 Å². The van der Waals surface area contributed by atoms with Crippen LogP contribution in [0.1, 0.15) is 18.4 Å². The minimum absolute atomic E-state index is 0.292. The molecule has 8 heteroatoms. The number of hydrazone groups is 1. The van der Waals surface area contributed by atoms with Crippen LogP contribution >= 0.6 is 23.2 Å². The molecular formula is C12H11Cl2N3O3. The van der Waals surface area contributed by atoms with Crippen molar-refractivity contribution >= 4 is 40.7 Å². The van der Waals surface area contributed by atoms with Crippen LogP contribution in [0.5, 0.6) is 5.75 Å². The summed E-state index contributed by atoms with van der Waals surface area (Å²) in [5.74, 6) is -1.67. The monoisotopic (exact) mass is 315 g/mol. The number of amides is 2. The molecule has 0 atom stereocenters. The van der Waals surface area contributed by atoms with Gasteiger partial charge in [0.2, 0.25) is 0 Å². The highest BCUT2D eigenvalue weighted by Crippen LogP contribution is 2.37. The van der Waals surface area contributed by atoms with Gasteiger partial charge in [-0.1, -0.05) is 23.2 Å². The van der Waals surface area contributed by atoms with Gasteiger partial charge in [0.1, 0.15) is 10.8 Å².